The van der Waals surface area contributed by atoms with Crippen LogP contribution in [-0.2, 0) is 16.1 Å². The number of carbonyl (C=O) groups is 2. The Labute approximate surface area is 111 Å². The first-order chi connectivity index (χ1) is 9.11. The summed E-state index contributed by atoms with van der Waals surface area (Å²) >= 11 is 0. The van der Waals surface area contributed by atoms with E-state index in [1.165, 1.54) is 0 Å². The van der Waals surface area contributed by atoms with Crippen molar-refractivity contribution in [2.24, 2.45) is 17.8 Å². The monoisotopic (exact) mass is 265 g/mol. The maximum Gasteiger partial charge on any atom is 0.307 e. The van der Waals surface area contributed by atoms with Gasteiger partial charge in [0.25, 0.3) is 0 Å². The van der Waals surface area contributed by atoms with Crippen molar-refractivity contribution in [2.45, 2.75) is 32.7 Å². The molecular weight excluding hydrogens is 246 g/mol. The number of nitrogens with zero attached hydrogens (tertiary/aromatic N) is 1. The fraction of sp³-hybridized carbons (Fsp3) is 0.615. The summed E-state index contributed by atoms with van der Waals surface area (Å²) in [5.74, 6) is -1.64. The third kappa shape index (κ3) is 3.13. The van der Waals surface area contributed by atoms with Gasteiger partial charge in [0.2, 0.25) is 5.91 Å². The second-order valence-corrected chi connectivity index (χ2v) is 5.12. The number of rotatable bonds is 5. The van der Waals surface area contributed by atoms with Gasteiger partial charge in [-0.3, -0.25) is 14.7 Å². The molecular formula is C13H19N3O3. The Morgan fingerprint density at radius 3 is 2.79 bits per heavy atom. The molecule has 1 aromatic heterocycles. The van der Waals surface area contributed by atoms with Crippen LogP contribution in [0.25, 0.3) is 0 Å². The van der Waals surface area contributed by atoms with Gasteiger partial charge in [0.05, 0.1) is 18.0 Å². The number of H-pyrrole nitrogens is 1. The van der Waals surface area contributed by atoms with Gasteiger partial charge in [-0.05, 0) is 18.8 Å². The number of amides is 1. The molecule has 6 nitrogen and oxygen atoms in total. The molecule has 0 spiro atoms. The van der Waals surface area contributed by atoms with Crippen molar-refractivity contribution in [1.29, 1.82) is 0 Å². The van der Waals surface area contributed by atoms with Gasteiger partial charge in [-0.25, -0.2) is 0 Å². The fourth-order valence-electron chi connectivity index (χ4n) is 2.73. The van der Waals surface area contributed by atoms with Gasteiger partial charge >= 0.3 is 5.97 Å². The lowest BCUT2D eigenvalue weighted by Crippen LogP contribution is -2.34. The van der Waals surface area contributed by atoms with Crippen LogP contribution in [0, 0.1) is 17.8 Å². The lowest BCUT2D eigenvalue weighted by Gasteiger charge is -2.15. The molecule has 0 radical (unpaired) electrons. The fourth-order valence-corrected chi connectivity index (χ4v) is 2.73. The van der Waals surface area contributed by atoms with Gasteiger partial charge in [0.15, 0.2) is 0 Å². The molecule has 1 amide bonds. The molecule has 0 aromatic carbocycles. The number of carboxylic acids is 1. The number of aromatic nitrogens is 2. The first-order valence-electron chi connectivity index (χ1n) is 6.60. The summed E-state index contributed by atoms with van der Waals surface area (Å²) in [7, 11) is 0. The number of carboxylic acid groups (broad SMARTS) is 1. The average Bonchev–Trinajstić information content (AvgIpc) is 3.04. The van der Waals surface area contributed by atoms with Crippen molar-refractivity contribution in [3.05, 3.63) is 18.0 Å². The van der Waals surface area contributed by atoms with Gasteiger partial charge in [-0.1, -0.05) is 13.3 Å². The van der Waals surface area contributed by atoms with E-state index in [2.05, 4.69) is 15.5 Å². The van der Waals surface area contributed by atoms with Crippen LogP contribution in [0.4, 0.5) is 0 Å². The molecule has 6 heteroatoms. The molecule has 1 saturated carbocycles. The van der Waals surface area contributed by atoms with Gasteiger partial charge in [-0.15, -0.1) is 0 Å². The van der Waals surface area contributed by atoms with E-state index in [9.17, 15) is 14.7 Å². The third-order valence-electron chi connectivity index (χ3n) is 3.91. The SMILES string of the molecule is CCC1CC(C(=O)O)C(C(=O)NCc2cn[nH]c2)C1. The zero-order valence-corrected chi connectivity index (χ0v) is 10.9. The van der Waals surface area contributed by atoms with Crippen molar-refractivity contribution in [3.8, 4) is 0 Å². The highest BCUT2D eigenvalue weighted by atomic mass is 16.4. The Morgan fingerprint density at radius 1 is 1.47 bits per heavy atom. The van der Waals surface area contributed by atoms with E-state index in [4.69, 9.17) is 0 Å². The molecule has 0 bridgehead atoms. The molecule has 1 fully saturated rings. The number of hydrogen-bond donors (Lipinski definition) is 3. The number of hydrogen-bond acceptors (Lipinski definition) is 3. The molecule has 19 heavy (non-hydrogen) atoms. The summed E-state index contributed by atoms with van der Waals surface area (Å²) in [5.41, 5.74) is 0.880. The van der Waals surface area contributed by atoms with Crippen LogP contribution < -0.4 is 5.32 Å². The maximum atomic E-state index is 12.1. The average molecular weight is 265 g/mol. The Morgan fingerprint density at radius 2 is 2.21 bits per heavy atom. The molecule has 1 aromatic rings. The molecule has 104 valence electrons. The van der Waals surface area contributed by atoms with Crippen LogP contribution in [0.1, 0.15) is 31.7 Å². The predicted molar refractivity (Wildman–Crippen MR) is 68.1 cm³/mol. The molecule has 3 unspecified atom stereocenters. The molecule has 1 aliphatic rings. The van der Waals surface area contributed by atoms with Crippen LogP contribution in [0.15, 0.2) is 12.4 Å². The van der Waals surface area contributed by atoms with Crippen LogP contribution in [0.5, 0.6) is 0 Å². The van der Waals surface area contributed by atoms with E-state index in [0.29, 0.717) is 25.3 Å². The van der Waals surface area contributed by atoms with Crippen LogP contribution in [-0.4, -0.2) is 27.2 Å². The standard InChI is InChI=1S/C13H19N3O3/c1-2-8-3-10(11(4-8)13(18)19)12(17)14-5-9-6-15-16-7-9/h6-8,10-11H,2-5H2,1H3,(H,14,17)(H,15,16)(H,18,19). The van der Waals surface area contributed by atoms with Crippen molar-refractivity contribution >= 4 is 11.9 Å². The molecule has 2 rings (SSSR count). The normalized spacial score (nSPS) is 26.3. The second kappa shape index (κ2) is 5.86. The quantitative estimate of drug-likeness (QED) is 0.744. The number of carbonyl (C=O) groups excluding carboxylic acids is 1. The van der Waals surface area contributed by atoms with E-state index < -0.39 is 17.8 Å². The van der Waals surface area contributed by atoms with Gasteiger partial charge < -0.3 is 10.4 Å². The highest BCUT2D eigenvalue weighted by molar-refractivity contribution is 5.85. The number of aliphatic carboxylic acids is 1. The lowest BCUT2D eigenvalue weighted by molar-refractivity contribution is -0.146. The zero-order chi connectivity index (χ0) is 13.8. The summed E-state index contributed by atoms with van der Waals surface area (Å²) in [6.07, 6.45) is 5.55. The summed E-state index contributed by atoms with van der Waals surface area (Å²) in [4.78, 5) is 23.3. The molecule has 1 aliphatic carbocycles. The lowest BCUT2D eigenvalue weighted by atomic mass is 9.95. The van der Waals surface area contributed by atoms with Crippen molar-refractivity contribution in [2.75, 3.05) is 0 Å². The smallest absolute Gasteiger partial charge is 0.307 e. The summed E-state index contributed by atoms with van der Waals surface area (Å²) in [5, 5.41) is 18.5. The minimum Gasteiger partial charge on any atom is -0.481 e. The first-order valence-corrected chi connectivity index (χ1v) is 6.60. The summed E-state index contributed by atoms with van der Waals surface area (Å²) in [6.45, 7) is 2.42. The third-order valence-corrected chi connectivity index (χ3v) is 3.91. The molecule has 3 N–H and O–H groups in total. The van der Waals surface area contributed by atoms with Gasteiger partial charge in [-0.2, -0.15) is 5.10 Å². The van der Waals surface area contributed by atoms with Crippen LogP contribution in [0.2, 0.25) is 0 Å². The van der Waals surface area contributed by atoms with E-state index >= 15 is 0 Å². The number of nitrogens with one attached hydrogen (secondary N) is 2. The Bertz CT molecular complexity index is 444. The number of aromatic amines is 1. The molecule has 0 saturated heterocycles. The van der Waals surface area contributed by atoms with Gasteiger partial charge in [0.1, 0.15) is 0 Å². The maximum absolute atomic E-state index is 12.1. The topological polar surface area (TPSA) is 95.1 Å². The van der Waals surface area contributed by atoms with E-state index in [1.807, 2.05) is 6.92 Å². The van der Waals surface area contributed by atoms with E-state index in [1.54, 1.807) is 12.4 Å². The van der Waals surface area contributed by atoms with Crippen molar-refractivity contribution in [3.63, 3.8) is 0 Å². The Hall–Kier alpha value is -1.85. The van der Waals surface area contributed by atoms with Crippen molar-refractivity contribution in [1.82, 2.24) is 15.5 Å². The Balaban J connectivity index is 1.94. The Kier molecular flexibility index (Phi) is 4.19. The summed E-state index contributed by atoms with van der Waals surface area (Å²) in [6, 6.07) is 0. The minimum atomic E-state index is -0.862. The largest absolute Gasteiger partial charge is 0.481 e. The molecule has 0 aliphatic heterocycles. The molecule has 1 heterocycles. The van der Waals surface area contributed by atoms with E-state index in [-0.39, 0.29) is 5.91 Å². The predicted octanol–water partition coefficient (Wildman–Crippen LogP) is 1.16. The molecule has 3 atom stereocenters. The van der Waals surface area contributed by atoms with Gasteiger partial charge in [0, 0.05) is 18.3 Å². The van der Waals surface area contributed by atoms with E-state index in [0.717, 1.165) is 12.0 Å². The highest BCUT2D eigenvalue weighted by Crippen LogP contribution is 2.38. The zero-order valence-electron chi connectivity index (χ0n) is 10.9. The van der Waals surface area contributed by atoms with Crippen LogP contribution in [0.3, 0.4) is 0 Å². The minimum absolute atomic E-state index is 0.162. The first kappa shape index (κ1) is 13.6. The van der Waals surface area contributed by atoms with Crippen molar-refractivity contribution < 1.29 is 14.7 Å². The summed E-state index contributed by atoms with van der Waals surface area (Å²) < 4.78 is 0. The highest BCUT2D eigenvalue weighted by Gasteiger charge is 2.41. The van der Waals surface area contributed by atoms with Crippen LogP contribution >= 0.6 is 0 Å². The second-order valence-electron chi connectivity index (χ2n) is 5.12.